The van der Waals surface area contributed by atoms with Gasteiger partial charge in [0.2, 0.25) is 15.9 Å². The minimum Gasteiger partial charge on any atom is -0.354 e. The highest BCUT2D eigenvalue weighted by atomic mass is 32.2. The van der Waals surface area contributed by atoms with Crippen LogP contribution in [0.1, 0.15) is 34.2 Å². The maximum absolute atomic E-state index is 13.7. The van der Waals surface area contributed by atoms with Gasteiger partial charge in [0.25, 0.3) is 5.91 Å². The van der Waals surface area contributed by atoms with Crippen LogP contribution in [0.25, 0.3) is 0 Å². The lowest BCUT2D eigenvalue weighted by atomic mass is 10.0. The average Bonchev–Trinajstić information content (AvgIpc) is 3.07. The van der Waals surface area contributed by atoms with Gasteiger partial charge >= 0.3 is 0 Å². The molecule has 0 aliphatic carbocycles. The molecule has 11 heteroatoms. The first-order valence-corrected chi connectivity index (χ1v) is 10.9. The van der Waals surface area contributed by atoms with Gasteiger partial charge in [-0.25, -0.2) is 17.5 Å². The first-order chi connectivity index (χ1) is 14.1. The molecule has 0 atom stereocenters. The molecule has 0 unspecified atom stereocenters. The third-order valence-corrected chi connectivity index (χ3v) is 6.55. The van der Waals surface area contributed by atoms with Crippen molar-refractivity contribution in [2.24, 2.45) is 0 Å². The summed E-state index contributed by atoms with van der Waals surface area (Å²) in [7, 11) is -2.39. The molecule has 0 saturated heterocycles. The number of fused-ring (bicyclic) bond motifs is 1. The fraction of sp³-hybridized carbons (Fsp3) is 0.421. The third-order valence-electron chi connectivity index (χ3n) is 5.09. The third kappa shape index (κ3) is 4.36. The Kier molecular flexibility index (Phi) is 6.22. The van der Waals surface area contributed by atoms with Gasteiger partial charge in [0.05, 0.1) is 11.4 Å². The molecule has 30 heavy (non-hydrogen) atoms. The van der Waals surface area contributed by atoms with Crippen LogP contribution in [0.2, 0.25) is 0 Å². The quantitative estimate of drug-likeness (QED) is 0.686. The van der Waals surface area contributed by atoms with Crippen LogP contribution in [0.4, 0.5) is 4.39 Å². The summed E-state index contributed by atoms with van der Waals surface area (Å²) >= 11 is 0. The first-order valence-electron chi connectivity index (χ1n) is 9.46. The topological polar surface area (TPSA) is 113 Å². The molecule has 0 fully saturated rings. The largest absolute Gasteiger partial charge is 0.354 e. The van der Waals surface area contributed by atoms with E-state index >= 15 is 0 Å². The minimum atomic E-state index is -3.89. The lowest BCUT2D eigenvalue weighted by molar-refractivity contribution is -0.129. The van der Waals surface area contributed by atoms with E-state index < -0.39 is 15.8 Å². The number of halogens is 1. The van der Waals surface area contributed by atoms with E-state index in [9.17, 15) is 22.4 Å². The van der Waals surface area contributed by atoms with E-state index in [4.69, 9.17) is 0 Å². The Morgan fingerprint density at radius 3 is 2.67 bits per heavy atom. The Balaban J connectivity index is 1.78. The van der Waals surface area contributed by atoms with Crippen molar-refractivity contribution in [3.05, 3.63) is 46.5 Å². The fourth-order valence-electron chi connectivity index (χ4n) is 3.36. The van der Waals surface area contributed by atoms with Crippen LogP contribution in [0.3, 0.4) is 0 Å². The van der Waals surface area contributed by atoms with E-state index in [1.54, 1.807) is 16.5 Å². The van der Waals surface area contributed by atoms with Crippen LogP contribution in [0.5, 0.6) is 0 Å². The SMILES string of the molecule is CNC(=O)c1nn(CCNS(=O)(=O)c2ccc(C)c(F)c2)c2c1CN(C(C)=O)CC2. The van der Waals surface area contributed by atoms with Gasteiger partial charge in [-0.15, -0.1) is 0 Å². The number of sulfonamides is 1. The predicted octanol–water partition coefficient (Wildman–Crippen LogP) is 0.573. The zero-order chi connectivity index (χ0) is 22.1. The molecule has 0 bridgehead atoms. The van der Waals surface area contributed by atoms with Crippen LogP contribution in [0, 0.1) is 12.7 Å². The summed E-state index contributed by atoms with van der Waals surface area (Å²) in [4.78, 5) is 25.4. The van der Waals surface area contributed by atoms with Gasteiger partial charge in [-0.1, -0.05) is 6.07 Å². The fourth-order valence-corrected chi connectivity index (χ4v) is 4.39. The molecule has 1 aliphatic rings. The number of carbonyl (C=O) groups is 2. The maximum atomic E-state index is 13.7. The van der Waals surface area contributed by atoms with Gasteiger partial charge in [-0.05, 0) is 24.6 Å². The molecule has 1 aromatic carbocycles. The highest BCUT2D eigenvalue weighted by Gasteiger charge is 2.28. The van der Waals surface area contributed by atoms with Crippen LogP contribution >= 0.6 is 0 Å². The molecule has 2 amide bonds. The van der Waals surface area contributed by atoms with Gasteiger partial charge in [0.15, 0.2) is 5.69 Å². The lowest BCUT2D eigenvalue weighted by Crippen LogP contribution is -2.36. The second kappa shape index (κ2) is 8.52. The van der Waals surface area contributed by atoms with Crippen molar-refractivity contribution in [3.8, 4) is 0 Å². The van der Waals surface area contributed by atoms with Crippen LogP contribution in [-0.4, -0.2) is 55.0 Å². The Labute approximate surface area is 174 Å². The van der Waals surface area contributed by atoms with Crippen molar-refractivity contribution in [1.82, 2.24) is 24.7 Å². The molecular formula is C19H24FN5O4S. The van der Waals surface area contributed by atoms with Crippen molar-refractivity contribution in [1.29, 1.82) is 0 Å². The highest BCUT2D eigenvalue weighted by molar-refractivity contribution is 7.89. The summed E-state index contributed by atoms with van der Waals surface area (Å²) in [5, 5.41) is 6.88. The number of nitrogens with one attached hydrogen (secondary N) is 2. The number of aryl methyl sites for hydroxylation is 1. The zero-order valence-electron chi connectivity index (χ0n) is 17.0. The summed E-state index contributed by atoms with van der Waals surface area (Å²) in [5.41, 5.74) is 2.05. The number of benzene rings is 1. The Morgan fingerprint density at radius 1 is 1.30 bits per heavy atom. The first kappa shape index (κ1) is 21.9. The summed E-state index contributed by atoms with van der Waals surface area (Å²) in [6.45, 7) is 3.99. The molecule has 162 valence electrons. The van der Waals surface area contributed by atoms with Crippen LogP contribution in [-0.2, 0) is 34.3 Å². The standard InChI is InChI=1S/C19H24FN5O4S/c1-12-4-5-14(10-16(12)20)30(28,29)22-7-9-25-17-6-8-24(13(2)26)11-15(17)18(23-25)19(27)21-3/h4-5,10,22H,6-9,11H2,1-3H3,(H,21,27). The maximum Gasteiger partial charge on any atom is 0.271 e. The lowest BCUT2D eigenvalue weighted by Gasteiger charge is -2.26. The van der Waals surface area contributed by atoms with Crippen molar-refractivity contribution in [2.75, 3.05) is 20.1 Å². The molecule has 0 spiro atoms. The zero-order valence-corrected chi connectivity index (χ0v) is 17.8. The van der Waals surface area contributed by atoms with Gasteiger partial charge in [0, 0.05) is 51.3 Å². The van der Waals surface area contributed by atoms with Crippen molar-refractivity contribution >= 4 is 21.8 Å². The number of hydrogen-bond acceptors (Lipinski definition) is 5. The van der Waals surface area contributed by atoms with E-state index in [2.05, 4.69) is 15.1 Å². The number of carbonyl (C=O) groups excluding carboxylic acids is 2. The number of rotatable bonds is 6. The number of amides is 2. The van der Waals surface area contributed by atoms with E-state index in [1.165, 1.54) is 26.1 Å². The highest BCUT2D eigenvalue weighted by Crippen LogP contribution is 2.23. The molecule has 2 N–H and O–H groups in total. The monoisotopic (exact) mass is 437 g/mol. The van der Waals surface area contributed by atoms with E-state index in [0.29, 0.717) is 24.1 Å². The smallest absolute Gasteiger partial charge is 0.271 e. The molecule has 1 aliphatic heterocycles. The van der Waals surface area contributed by atoms with Crippen molar-refractivity contribution in [3.63, 3.8) is 0 Å². The second-order valence-electron chi connectivity index (χ2n) is 7.08. The van der Waals surface area contributed by atoms with Gasteiger partial charge in [-0.2, -0.15) is 5.10 Å². The molecule has 2 aromatic rings. The number of hydrogen-bond donors (Lipinski definition) is 2. The van der Waals surface area contributed by atoms with Gasteiger partial charge < -0.3 is 10.2 Å². The molecular weight excluding hydrogens is 413 g/mol. The Hall–Kier alpha value is -2.79. The summed E-state index contributed by atoms with van der Waals surface area (Å²) < 4.78 is 42.6. The van der Waals surface area contributed by atoms with Gasteiger partial charge in [0.1, 0.15) is 5.82 Å². The number of aromatic nitrogens is 2. The number of nitrogens with zero attached hydrogens (tertiary/aromatic N) is 3. The Bertz CT molecular complexity index is 1100. The molecule has 9 nitrogen and oxygen atoms in total. The molecule has 0 radical (unpaired) electrons. The molecule has 3 rings (SSSR count). The van der Waals surface area contributed by atoms with E-state index in [1.807, 2.05) is 0 Å². The van der Waals surface area contributed by atoms with Crippen LogP contribution in [0.15, 0.2) is 23.1 Å². The van der Waals surface area contributed by atoms with Crippen LogP contribution < -0.4 is 10.0 Å². The van der Waals surface area contributed by atoms with E-state index in [-0.39, 0.29) is 42.0 Å². The Morgan fingerprint density at radius 2 is 2.03 bits per heavy atom. The van der Waals surface area contributed by atoms with E-state index in [0.717, 1.165) is 11.8 Å². The predicted molar refractivity (Wildman–Crippen MR) is 107 cm³/mol. The molecule has 1 aromatic heterocycles. The molecule has 0 saturated carbocycles. The van der Waals surface area contributed by atoms with Gasteiger partial charge in [-0.3, -0.25) is 14.3 Å². The van der Waals surface area contributed by atoms with Crippen molar-refractivity contribution in [2.45, 2.75) is 38.3 Å². The summed E-state index contributed by atoms with van der Waals surface area (Å²) in [6.07, 6.45) is 0.509. The molecule has 2 heterocycles. The normalized spacial score (nSPS) is 13.8. The minimum absolute atomic E-state index is 0.00948. The van der Waals surface area contributed by atoms with Crippen molar-refractivity contribution < 1.29 is 22.4 Å². The second-order valence-corrected chi connectivity index (χ2v) is 8.84. The summed E-state index contributed by atoms with van der Waals surface area (Å²) in [5.74, 6) is -1.05. The summed E-state index contributed by atoms with van der Waals surface area (Å²) in [6, 6.07) is 3.73. The average molecular weight is 437 g/mol.